The minimum atomic E-state index is -0.497. The quantitative estimate of drug-likeness (QED) is 0.493. The van der Waals surface area contributed by atoms with Gasteiger partial charge in [-0.3, -0.25) is 19.2 Å². The van der Waals surface area contributed by atoms with E-state index in [4.69, 9.17) is 0 Å². The molecule has 2 amide bonds. The van der Waals surface area contributed by atoms with E-state index < -0.39 is 11.8 Å². The molecule has 2 aliphatic rings. The van der Waals surface area contributed by atoms with Crippen molar-refractivity contribution in [2.24, 2.45) is 0 Å². The van der Waals surface area contributed by atoms with E-state index in [2.05, 4.69) is 0 Å². The number of anilines is 1. The molecule has 0 bridgehead atoms. The lowest BCUT2D eigenvalue weighted by Gasteiger charge is -2.23. The van der Waals surface area contributed by atoms with E-state index in [1.54, 1.807) is 60.7 Å². The average Bonchev–Trinajstić information content (AvgIpc) is 2.96. The predicted molar refractivity (Wildman–Crippen MR) is 97.3 cm³/mol. The van der Waals surface area contributed by atoms with E-state index >= 15 is 0 Å². The van der Waals surface area contributed by atoms with Crippen LogP contribution in [0.3, 0.4) is 0 Å². The Labute approximate surface area is 153 Å². The second kappa shape index (κ2) is 5.32. The Balaban J connectivity index is 1.74. The van der Waals surface area contributed by atoms with E-state index in [-0.39, 0.29) is 45.1 Å². The fourth-order valence-corrected chi connectivity index (χ4v) is 3.72. The van der Waals surface area contributed by atoms with Crippen molar-refractivity contribution in [3.63, 3.8) is 0 Å². The Morgan fingerprint density at radius 1 is 0.481 bits per heavy atom. The van der Waals surface area contributed by atoms with Crippen LogP contribution in [0.4, 0.5) is 5.69 Å². The minimum Gasteiger partial charge on any atom is -0.289 e. The van der Waals surface area contributed by atoms with Crippen molar-refractivity contribution in [1.29, 1.82) is 0 Å². The number of fused-ring (bicyclic) bond motifs is 3. The summed E-state index contributed by atoms with van der Waals surface area (Å²) in [6.07, 6.45) is 0. The highest BCUT2D eigenvalue weighted by Crippen LogP contribution is 2.37. The molecule has 0 N–H and O–H groups in total. The van der Waals surface area contributed by atoms with Gasteiger partial charge in [0, 0.05) is 16.7 Å². The molecule has 0 atom stereocenters. The Bertz CT molecular complexity index is 1170. The molecule has 3 aromatic carbocycles. The number of hydrogen-bond acceptors (Lipinski definition) is 4. The molecule has 5 heteroatoms. The van der Waals surface area contributed by atoms with E-state index in [0.717, 1.165) is 4.90 Å². The maximum atomic E-state index is 13.1. The minimum absolute atomic E-state index is 0.0932. The average molecular weight is 353 g/mol. The van der Waals surface area contributed by atoms with Crippen LogP contribution in [0.5, 0.6) is 0 Å². The molecule has 128 valence electrons. The first-order chi connectivity index (χ1) is 13.1. The maximum Gasteiger partial charge on any atom is 0.266 e. The van der Waals surface area contributed by atoms with Crippen LogP contribution in [0.15, 0.2) is 66.7 Å². The predicted octanol–water partition coefficient (Wildman–Crippen LogP) is 3.26. The van der Waals surface area contributed by atoms with Crippen molar-refractivity contribution >= 4 is 29.1 Å². The number of nitrogens with zero attached hydrogens (tertiary/aromatic N) is 1. The molecule has 0 radical (unpaired) electrons. The molecular formula is C22H11NO4. The molecule has 0 spiro atoms. The number of imide groups is 1. The summed E-state index contributed by atoms with van der Waals surface area (Å²) in [6, 6.07) is 17.7. The van der Waals surface area contributed by atoms with Crippen molar-refractivity contribution in [2.75, 3.05) is 4.90 Å². The molecule has 1 heterocycles. The molecule has 27 heavy (non-hydrogen) atoms. The Morgan fingerprint density at radius 2 is 0.963 bits per heavy atom. The monoisotopic (exact) mass is 353 g/mol. The molecule has 1 aliphatic heterocycles. The van der Waals surface area contributed by atoms with Crippen LogP contribution in [0.1, 0.15) is 52.6 Å². The van der Waals surface area contributed by atoms with Gasteiger partial charge in [-0.1, -0.05) is 48.5 Å². The van der Waals surface area contributed by atoms with Gasteiger partial charge in [0.25, 0.3) is 11.8 Å². The van der Waals surface area contributed by atoms with Gasteiger partial charge in [0.1, 0.15) is 0 Å². The summed E-state index contributed by atoms with van der Waals surface area (Å²) in [5.74, 6) is -1.66. The molecule has 0 unspecified atom stereocenters. The van der Waals surface area contributed by atoms with Gasteiger partial charge in [0.05, 0.1) is 22.4 Å². The number of ketones is 2. The Kier molecular flexibility index (Phi) is 3.03. The zero-order chi connectivity index (χ0) is 18.7. The highest BCUT2D eigenvalue weighted by molar-refractivity contribution is 6.38. The third-order valence-corrected chi connectivity index (χ3v) is 4.97. The zero-order valence-electron chi connectivity index (χ0n) is 13.9. The number of benzene rings is 3. The van der Waals surface area contributed by atoms with Crippen molar-refractivity contribution < 1.29 is 19.2 Å². The lowest BCUT2D eigenvalue weighted by atomic mass is 9.83. The third-order valence-electron chi connectivity index (χ3n) is 4.97. The molecule has 0 fully saturated rings. The van der Waals surface area contributed by atoms with Gasteiger partial charge in [0.15, 0.2) is 11.6 Å². The third kappa shape index (κ3) is 1.93. The van der Waals surface area contributed by atoms with Crippen LogP contribution in [0.2, 0.25) is 0 Å². The van der Waals surface area contributed by atoms with Gasteiger partial charge in [-0.2, -0.15) is 0 Å². The number of amides is 2. The summed E-state index contributed by atoms with van der Waals surface area (Å²) in [7, 11) is 0. The van der Waals surface area contributed by atoms with E-state index in [9.17, 15) is 19.2 Å². The normalized spacial score (nSPS) is 14.9. The second-order valence-electron chi connectivity index (χ2n) is 6.39. The van der Waals surface area contributed by atoms with Crippen molar-refractivity contribution in [2.45, 2.75) is 0 Å². The first-order valence-corrected chi connectivity index (χ1v) is 8.39. The maximum absolute atomic E-state index is 13.1. The SMILES string of the molecule is O=C1c2ccccc2C(=O)c2c1cccc2N1C(=O)c2ccccc2C1=O. The van der Waals surface area contributed by atoms with Crippen LogP contribution in [0.25, 0.3) is 0 Å². The van der Waals surface area contributed by atoms with Gasteiger partial charge in [-0.25, -0.2) is 4.90 Å². The Morgan fingerprint density at radius 3 is 1.56 bits per heavy atom. The van der Waals surface area contributed by atoms with Crippen LogP contribution in [-0.2, 0) is 0 Å². The fraction of sp³-hybridized carbons (Fsp3) is 0. The van der Waals surface area contributed by atoms with E-state index in [1.165, 1.54) is 6.07 Å². The summed E-state index contributed by atoms with van der Waals surface area (Å²) < 4.78 is 0. The van der Waals surface area contributed by atoms with Crippen molar-refractivity contribution in [1.82, 2.24) is 0 Å². The lowest BCUT2D eigenvalue weighted by Crippen LogP contribution is -2.33. The van der Waals surface area contributed by atoms with Gasteiger partial charge < -0.3 is 0 Å². The van der Waals surface area contributed by atoms with Crippen molar-refractivity contribution in [3.05, 3.63) is 100 Å². The van der Waals surface area contributed by atoms with Gasteiger partial charge in [-0.15, -0.1) is 0 Å². The first kappa shape index (κ1) is 15.4. The van der Waals surface area contributed by atoms with Crippen LogP contribution in [0, 0.1) is 0 Å². The fourth-order valence-electron chi connectivity index (χ4n) is 3.72. The second-order valence-corrected chi connectivity index (χ2v) is 6.39. The zero-order valence-corrected chi connectivity index (χ0v) is 13.9. The first-order valence-electron chi connectivity index (χ1n) is 8.39. The number of rotatable bonds is 1. The smallest absolute Gasteiger partial charge is 0.266 e. The summed E-state index contributed by atoms with van der Waals surface area (Å²) in [5, 5.41) is 0. The van der Waals surface area contributed by atoms with Crippen LogP contribution in [-0.4, -0.2) is 23.4 Å². The summed E-state index contributed by atoms with van der Waals surface area (Å²) in [5.41, 5.74) is 1.62. The molecular weight excluding hydrogens is 342 g/mol. The van der Waals surface area contributed by atoms with Crippen molar-refractivity contribution in [3.8, 4) is 0 Å². The summed E-state index contributed by atoms with van der Waals surface area (Å²) >= 11 is 0. The highest BCUT2D eigenvalue weighted by Gasteiger charge is 2.40. The van der Waals surface area contributed by atoms with Gasteiger partial charge >= 0.3 is 0 Å². The topological polar surface area (TPSA) is 71.5 Å². The molecule has 0 aromatic heterocycles. The summed E-state index contributed by atoms with van der Waals surface area (Å²) in [6.45, 7) is 0. The van der Waals surface area contributed by atoms with Crippen LogP contribution < -0.4 is 4.90 Å². The molecule has 3 aromatic rings. The molecule has 5 nitrogen and oxygen atoms in total. The van der Waals surface area contributed by atoms with Gasteiger partial charge in [-0.05, 0) is 18.2 Å². The van der Waals surface area contributed by atoms with E-state index in [0.29, 0.717) is 5.56 Å². The number of hydrogen-bond donors (Lipinski definition) is 0. The standard InChI is InChI=1S/C22H11NO4/c24-19-12-6-1-2-7-13(12)20(25)18-16(19)10-5-11-17(18)23-21(26)14-8-3-4-9-15(14)22(23)27/h1-11H. The molecule has 5 rings (SSSR count). The van der Waals surface area contributed by atoms with E-state index in [1.807, 2.05) is 0 Å². The highest BCUT2D eigenvalue weighted by atomic mass is 16.2. The number of carbonyl (C=O) groups is 4. The lowest BCUT2D eigenvalue weighted by molar-refractivity contribution is 0.0923. The summed E-state index contributed by atoms with van der Waals surface area (Å²) in [4.78, 5) is 52.6. The van der Waals surface area contributed by atoms with Crippen LogP contribution >= 0.6 is 0 Å². The molecule has 0 saturated heterocycles. The Hall–Kier alpha value is -3.86. The largest absolute Gasteiger partial charge is 0.289 e. The number of carbonyl (C=O) groups excluding carboxylic acids is 4. The van der Waals surface area contributed by atoms with Gasteiger partial charge in [0.2, 0.25) is 0 Å². The molecule has 1 aliphatic carbocycles. The molecule has 0 saturated carbocycles.